The van der Waals surface area contributed by atoms with Gasteiger partial charge in [0.1, 0.15) is 12.6 Å². The van der Waals surface area contributed by atoms with Crippen molar-refractivity contribution in [1.82, 2.24) is 4.90 Å². The molecule has 1 N–H and O–H groups in total. The van der Waals surface area contributed by atoms with E-state index < -0.39 is 30.2 Å². The lowest BCUT2D eigenvalue weighted by molar-refractivity contribution is -0.125. The molecule has 0 aromatic heterocycles. The number of rotatable bonds is 5. The van der Waals surface area contributed by atoms with Crippen molar-refractivity contribution in [1.29, 1.82) is 0 Å². The zero-order valence-corrected chi connectivity index (χ0v) is 12.3. The van der Waals surface area contributed by atoms with E-state index in [-0.39, 0.29) is 6.42 Å². The molecule has 1 heterocycles. The Bertz CT molecular complexity index is 735. The fourth-order valence-electron chi connectivity index (χ4n) is 2.78. The molecule has 5 heteroatoms. The Hall–Kier alpha value is -2.79. The lowest BCUT2D eigenvalue weighted by atomic mass is 10.0. The molecule has 0 spiro atoms. The molecule has 0 saturated carbocycles. The summed E-state index contributed by atoms with van der Waals surface area (Å²) in [7, 11) is 0. The maximum Gasteiger partial charge on any atom is 0.262 e. The summed E-state index contributed by atoms with van der Waals surface area (Å²) < 4.78 is 0. The fraction of sp³-hybridized carbons (Fsp3) is 0.167. The van der Waals surface area contributed by atoms with Crippen molar-refractivity contribution in [2.75, 3.05) is 6.61 Å². The van der Waals surface area contributed by atoms with E-state index in [2.05, 4.69) is 0 Å². The molecule has 2 amide bonds. The van der Waals surface area contributed by atoms with Crippen LogP contribution in [0.25, 0.3) is 0 Å². The second-order valence-electron chi connectivity index (χ2n) is 5.36. The smallest absolute Gasteiger partial charge is 0.262 e. The largest absolute Gasteiger partial charge is 0.388 e. The minimum atomic E-state index is -1.00. The number of nitrogens with zero attached hydrogens (tertiary/aromatic N) is 1. The number of aliphatic hydroxyl groups excluding tert-OH is 1. The maximum absolute atomic E-state index is 12.5. The normalized spacial score (nSPS) is 14.7. The lowest BCUT2D eigenvalue weighted by Crippen LogP contribution is -2.47. The Morgan fingerprint density at radius 2 is 1.43 bits per heavy atom. The summed E-state index contributed by atoms with van der Waals surface area (Å²) in [5.41, 5.74) is 1.40. The van der Waals surface area contributed by atoms with Gasteiger partial charge in [0.2, 0.25) is 0 Å². The fourth-order valence-corrected chi connectivity index (χ4v) is 2.78. The Labute approximate surface area is 133 Å². The van der Waals surface area contributed by atoms with E-state index in [0.29, 0.717) is 11.1 Å². The number of carbonyl (C=O) groups is 3. The summed E-state index contributed by atoms with van der Waals surface area (Å²) in [4.78, 5) is 38.2. The minimum absolute atomic E-state index is 0.186. The van der Waals surface area contributed by atoms with Gasteiger partial charge in [0.05, 0.1) is 11.1 Å². The molecular weight excluding hydrogens is 294 g/mol. The van der Waals surface area contributed by atoms with Crippen LogP contribution in [0.15, 0.2) is 54.6 Å². The monoisotopic (exact) mass is 309 g/mol. The van der Waals surface area contributed by atoms with Gasteiger partial charge in [-0.15, -0.1) is 0 Å². The first-order valence-corrected chi connectivity index (χ1v) is 7.28. The molecular formula is C18H15NO4. The standard InChI is InChI=1S/C18H15NO4/c20-11-16(21)15(10-12-6-2-1-3-7-12)19-17(22)13-8-4-5-9-14(13)18(19)23/h1-9,15,20H,10-11H2/t15-/m0/s1. The van der Waals surface area contributed by atoms with Crippen LogP contribution in [-0.4, -0.2) is 40.3 Å². The van der Waals surface area contributed by atoms with Crippen LogP contribution < -0.4 is 0 Å². The molecule has 0 aliphatic carbocycles. The topological polar surface area (TPSA) is 74.7 Å². The molecule has 0 unspecified atom stereocenters. The number of amides is 2. The predicted octanol–water partition coefficient (Wildman–Crippen LogP) is 1.46. The van der Waals surface area contributed by atoms with Crippen LogP contribution in [0.4, 0.5) is 0 Å². The van der Waals surface area contributed by atoms with Gasteiger partial charge >= 0.3 is 0 Å². The third kappa shape index (κ3) is 2.66. The number of benzene rings is 2. The van der Waals surface area contributed by atoms with E-state index in [4.69, 9.17) is 0 Å². The van der Waals surface area contributed by atoms with E-state index in [1.807, 2.05) is 30.3 Å². The van der Waals surface area contributed by atoms with Crippen LogP contribution in [0.2, 0.25) is 0 Å². The van der Waals surface area contributed by atoms with Gasteiger partial charge in [-0.25, -0.2) is 0 Å². The molecule has 0 fully saturated rings. The van der Waals surface area contributed by atoms with Crippen LogP contribution >= 0.6 is 0 Å². The number of fused-ring (bicyclic) bond motifs is 1. The molecule has 0 saturated heterocycles. The summed E-state index contributed by atoms with van der Waals surface area (Å²) in [6.45, 7) is -0.717. The Morgan fingerprint density at radius 3 is 1.96 bits per heavy atom. The van der Waals surface area contributed by atoms with Crippen molar-refractivity contribution in [3.05, 3.63) is 71.3 Å². The van der Waals surface area contributed by atoms with Crippen LogP contribution in [0.3, 0.4) is 0 Å². The number of Topliss-reactive ketones (excluding diaryl/α,β-unsaturated/α-hetero) is 1. The quantitative estimate of drug-likeness (QED) is 0.848. The summed E-state index contributed by atoms with van der Waals surface area (Å²) in [6.07, 6.45) is 0.186. The van der Waals surface area contributed by atoms with E-state index >= 15 is 0 Å². The van der Waals surface area contributed by atoms with Crippen molar-refractivity contribution in [3.8, 4) is 0 Å². The second kappa shape index (κ2) is 6.14. The maximum atomic E-state index is 12.5. The summed E-state index contributed by atoms with van der Waals surface area (Å²) in [6, 6.07) is 14.6. The second-order valence-corrected chi connectivity index (χ2v) is 5.36. The van der Waals surface area contributed by atoms with E-state index in [9.17, 15) is 19.5 Å². The van der Waals surface area contributed by atoms with Gasteiger partial charge < -0.3 is 5.11 Å². The molecule has 2 aromatic rings. The number of aliphatic hydroxyl groups is 1. The molecule has 1 atom stereocenters. The van der Waals surface area contributed by atoms with E-state index in [1.165, 1.54) is 0 Å². The average Bonchev–Trinajstić information content (AvgIpc) is 2.85. The molecule has 3 rings (SSSR count). The van der Waals surface area contributed by atoms with Gasteiger partial charge in [-0.2, -0.15) is 0 Å². The van der Waals surface area contributed by atoms with Gasteiger partial charge in [-0.1, -0.05) is 42.5 Å². The molecule has 116 valence electrons. The lowest BCUT2D eigenvalue weighted by Gasteiger charge is -2.24. The van der Waals surface area contributed by atoms with E-state index in [1.54, 1.807) is 24.3 Å². The highest BCUT2D eigenvalue weighted by Gasteiger charge is 2.42. The van der Waals surface area contributed by atoms with Gasteiger partial charge in [0.15, 0.2) is 5.78 Å². The van der Waals surface area contributed by atoms with Crippen molar-refractivity contribution in [3.63, 3.8) is 0 Å². The highest BCUT2D eigenvalue weighted by molar-refractivity contribution is 6.23. The predicted molar refractivity (Wildman–Crippen MR) is 83.0 cm³/mol. The zero-order valence-electron chi connectivity index (χ0n) is 12.3. The molecule has 1 aliphatic rings. The van der Waals surface area contributed by atoms with Gasteiger partial charge in [0, 0.05) is 6.42 Å². The summed E-state index contributed by atoms with van der Waals surface area (Å²) >= 11 is 0. The third-order valence-corrected chi connectivity index (χ3v) is 3.94. The first-order valence-electron chi connectivity index (χ1n) is 7.28. The van der Waals surface area contributed by atoms with Crippen molar-refractivity contribution in [2.24, 2.45) is 0 Å². The highest BCUT2D eigenvalue weighted by Crippen LogP contribution is 2.26. The third-order valence-electron chi connectivity index (χ3n) is 3.94. The molecule has 5 nitrogen and oxygen atoms in total. The van der Waals surface area contributed by atoms with Crippen LogP contribution in [0.5, 0.6) is 0 Å². The Morgan fingerprint density at radius 1 is 0.913 bits per heavy atom. The van der Waals surface area contributed by atoms with E-state index in [0.717, 1.165) is 10.5 Å². The van der Waals surface area contributed by atoms with Gasteiger partial charge in [0.25, 0.3) is 11.8 Å². The molecule has 23 heavy (non-hydrogen) atoms. The van der Waals surface area contributed by atoms with Gasteiger partial charge in [-0.05, 0) is 17.7 Å². The molecule has 0 bridgehead atoms. The first kappa shape index (κ1) is 15.1. The number of hydrogen-bond donors (Lipinski definition) is 1. The van der Waals surface area contributed by atoms with Crippen molar-refractivity contribution >= 4 is 17.6 Å². The number of ketones is 1. The van der Waals surface area contributed by atoms with Crippen molar-refractivity contribution < 1.29 is 19.5 Å². The summed E-state index contributed by atoms with van der Waals surface area (Å²) in [5, 5.41) is 9.23. The van der Waals surface area contributed by atoms with Crippen molar-refractivity contribution in [2.45, 2.75) is 12.5 Å². The number of hydrogen-bond acceptors (Lipinski definition) is 4. The Balaban J connectivity index is 1.97. The Kier molecular flexibility index (Phi) is 4.04. The summed E-state index contributed by atoms with van der Waals surface area (Å²) in [5.74, 6) is -1.54. The zero-order chi connectivity index (χ0) is 16.4. The number of carbonyl (C=O) groups excluding carboxylic acids is 3. The highest BCUT2D eigenvalue weighted by atomic mass is 16.3. The first-order chi connectivity index (χ1) is 11.1. The molecule has 2 aromatic carbocycles. The van der Waals surface area contributed by atoms with Crippen LogP contribution in [0, 0.1) is 0 Å². The van der Waals surface area contributed by atoms with Crippen LogP contribution in [-0.2, 0) is 11.2 Å². The van der Waals surface area contributed by atoms with Gasteiger partial charge in [-0.3, -0.25) is 19.3 Å². The number of imide groups is 1. The average molecular weight is 309 g/mol. The molecule has 0 radical (unpaired) electrons. The SMILES string of the molecule is O=C(CO)[C@H](Cc1ccccc1)N1C(=O)c2ccccc2C1=O. The minimum Gasteiger partial charge on any atom is -0.388 e. The molecule has 1 aliphatic heterocycles. The van der Waals surface area contributed by atoms with Crippen LogP contribution in [0.1, 0.15) is 26.3 Å².